The van der Waals surface area contributed by atoms with Gasteiger partial charge in [-0.25, -0.2) is 0 Å². The molecular weight excluding hydrogens is 252 g/mol. The number of hydrogen-bond donors (Lipinski definition) is 1. The van der Waals surface area contributed by atoms with Crippen molar-refractivity contribution in [2.75, 3.05) is 25.5 Å². The molecule has 1 aromatic carbocycles. The molecule has 20 heavy (non-hydrogen) atoms. The summed E-state index contributed by atoms with van der Waals surface area (Å²) in [6.45, 7) is 5.94. The van der Waals surface area contributed by atoms with Crippen LogP contribution in [-0.4, -0.2) is 37.0 Å². The highest BCUT2D eigenvalue weighted by Gasteiger charge is 2.17. The Hall–Kier alpha value is -1.55. The Kier molecular flexibility index (Phi) is 5.01. The fourth-order valence-electron chi connectivity index (χ4n) is 2.20. The van der Waals surface area contributed by atoms with E-state index in [2.05, 4.69) is 17.3 Å². The topological polar surface area (TPSA) is 41.6 Å². The summed E-state index contributed by atoms with van der Waals surface area (Å²) >= 11 is 0. The van der Waals surface area contributed by atoms with E-state index in [1.54, 1.807) is 0 Å². The van der Waals surface area contributed by atoms with E-state index in [4.69, 9.17) is 4.74 Å². The molecule has 1 N–H and O–H groups in total. The first-order valence-electron chi connectivity index (χ1n) is 7.30. The van der Waals surface area contributed by atoms with Crippen molar-refractivity contribution in [1.82, 2.24) is 4.90 Å². The van der Waals surface area contributed by atoms with Gasteiger partial charge in [-0.1, -0.05) is 13.8 Å². The van der Waals surface area contributed by atoms with Crippen LogP contribution in [0.3, 0.4) is 0 Å². The summed E-state index contributed by atoms with van der Waals surface area (Å²) in [6.07, 6.45) is 2.45. The van der Waals surface area contributed by atoms with E-state index in [9.17, 15) is 4.79 Å². The van der Waals surface area contributed by atoms with Gasteiger partial charge in [-0.2, -0.15) is 0 Å². The summed E-state index contributed by atoms with van der Waals surface area (Å²) in [4.78, 5) is 13.9. The van der Waals surface area contributed by atoms with E-state index in [0.29, 0.717) is 6.10 Å². The number of rotatable bonds is 4. The molecule has 1 saturated heterocycles. The summed E-state index contributed by atoms with van der Waals surface area (Å²) in [5.41, 5.74) is 0.819. The summed E-state index contributed by atoms with van der Waals surface area (Å²) in [5, 5.41) is 2.88. The third-order valence-corrected chi connectivity index (χ3v) is 3.61. The van der Waals surface area contributed by atoms with Gasteiger partial charge >= 0.3 is 0 Å². The fraction of sp³-hybridized carbons (Fsp3) is 0.562. The summed E-state index contributed by atoms with van der Waals surface area (Å²) in [6, 6.07) is 7.64. The molecule has 1 aliphatic rings. The van der Waals surface area contributed by atoms with Crippen LogP contribution in [0.15, 0.2) is 24.3 Å². The molecule has 0 aliphatic carbocycles. The molecule has 1 aliphatic heterocycles. The van der Waals surface area contributed by atoms with Crippen molar-refractivity contribution in [2.24, 2.45) is 5.92 Å². The van der Waals surface area contributed by atoms with Gasteiger partial charge in [-0.3, -0.25) is 4.79 Å². The van der Waals surface area contributed by atoms with Gasteiger partial charge in [0.05, 0.1) is 0 Å². The molecule has 1 heterocycles. The van der Waals surface area contributed by atoms with Crippen LogP contribution >= 0.6 is 0 Å². The fourth-order valence-corrected chi connectivity index (χ4v) is 2.20. The summed E-state index contributed by atoms with van der Waals surface area (Å²) in [5.74, 6) is 0.904. The van der Waals surface area contributed by atoms with Crippen molar-refractivity contribution < 1.29 is 9.53 Å². The Morgan fingerprint density at radius 1 is 1.25 bits per heavy atom. The lowest BCUT2D eigenvalue weighted by molar-refractivity contribution is -0.118. The molecule has 4 nitrogen and oxygen atoms in total. The number of benzene rings is 1. The molecule has 0 radical (unpaired) electrons. The van der Waals surface area contributed by atoms with E-state index in [-0.39, 0.29) is 11.8 Å². The number of likely N-dealkylation sites (tertiary alicyclic amines) is 1. The average Bonchev–Trinajstić information content (AvgIpc) is 2.43. The number of anilines is 1. The Balaban J connectivity index is 1.87. The second-order valence-corrected chi connectivity index (χ2v) is 5.79. The first-order chi connectivity index (χ1) is 9.54. The molecule has 0 atom stereocenters. The third kappa shape index (κ3) is 4.23. The maximum Gasteiger partial charge on any atom is 0.226 e. The maximum absolute atomic E-state index is 11.6. The van der Waals surface area contributed by atoms with Gasteiger partial charge in [0, 0.05) is 24.7 Å². The molecule has 1 amide bonds. The minimum Gasteiger partial charge on any atom is -0.490 e. The number of piperidine rings is 1. The first-order valence-corrected chi connectivity index (χ1v) is 7.30. The predicted octanol–water partition coefficient (Wildman–Crippen LogP) is 2.75. The van der Waals surface area contributed by atoms with E-state index in [1.807, 2.05) is 38.1 Å². The van der Waals surface area contributed by atoms with Crippen LogP contribution in [0.1, 0.15) is 26.7 Å². The van der Waals surface area contributed by atoms with Crippen molar-refractivity contribution >= 4 is 11.6 Å². The van der Waals surface area contributed by atoms with Gasteiger partial charge in [0.2, 0.25) is 5.91 Å². The van der Waals surface area contributed by atoms with Crippen LogP contribution < -0.4 is 10.1 Å². The van der Waals surface area contributed by atoms with E-state index < -0.39 is 0 Å². The molecule has 0 bridgehead atoms. The Labute approximate surface area is 121 Å². The van der Waals surface area contributed by atoms with Gasteiger partial charge < -0.3 is 15.0 Å². The number of nitrogens with one attached hydrogen (secondary N) is 1. The largest absolute Gasteiger partial charge is 0.490 e. The lowest BCUT2D eigenvalue weighted by Crippen LogP contribution is -2.35. The van der Waals surface area contributed by atoms with Crippen LogP contribution in [0.2, 0.25) is 0 Å². The Bertz CT molecular complexity index is 434. The van der Waals surface area contributed by atoms with Crippen LogP contribution in [-0.2, 0) is 4.79 Å². The molecule has 0 aromatic heterocycles. The smallest absolute Gasteiger partial charge is 0.226 e. The van der Waals surface area contributed by atoms with Crippen molar-refractivity contribution in [3.8, 4) is 5.75 Å². The van der Waals surface area contributed by atoms with Crippen LogP contribution in [0, 0.1) is 5.92 Å². The normalized spacial score (nSPS) is 17.2. The number of carbonyl (C=O) groups is 1. The van der Waals surface area contributed by atoms with E-state index in [0.717, 1.165) is 37.4 Å². The Morgan fingerprint density at radius 3 is 2.40 bits per heavy atom. The molecule has 4 heteroatoms. The maximum atomic E-state index is 11.6. The van der Waals surface area contributed by atoms with Crippen LogP contribution in [0.4, 0.5) is 5.69 Å². The zero-order valence-corrected chi connectivity index (χ0v) is 12.6. The van der Waals surface area contributed by atoms with Crippen LogP contribution in [0.25, 0.3) is 0 Å². The van der Waals surface area contributed by atoms with Crippen molar-refractivity contribution in [2.45, 2.75) is 32.8 Å². The monoisotopic (exact) mass is 276 g/mol. The zero-order chi connectivity index (χ0) is 14.5. The molecule has 2 rings (SSSR count). The number of ether oxygens (including phenoxy) is 1. The molecule has 1 fully saturated rings. The molecule has 1 aromatic rings. The minimum absolute atomic E-state index is 0.00912. The van der Waals surface area contributed by atoms with E-state index >= 15 is 0 Å². The summed E-state index contributed by atoms with van der Waals surface area (Å²) < 4.78 is 5.97. The van der Waals surface area contributed by atoms with Crippen molar-refractivity contribution in [3.05, 3.63) is 24.3 Å². The highest BCUT2D eigenvalue weighted by molar-refractivity contribution is 5.92. The second kappa shape index (κ2) is 6.75. The predicted molar refractivity (Wildman–Crippen MR) is 81.1 cm³/mol. The van der Waals surface area contributed by atoms with Crippen molar-refractivity contribution in [3.63, 3.8) is 0 Å². The lowest BCUT2D eigenvalue weighted by Gasteiger charge is -2.29. The van der Waals surface area contributed by atoms with Crippen molar-refractivity contribution in [1.29, 1.82) is 0 Å². The SMILES string of the molecule is CC(C)C(=O)Nc1ccc(OC2CCN(C)CC2)cc1. The summed E-state index contributed by atoms with van der Waals surface area (Å²) in [7, 11) is 2.14. The van der Waals surface area contributed by atoms with Gasteiger partial charge in [-0.15, -0.1) is 0 Å². The van der Waals surface area contributed by atoms with Crippen LogP contribution in [0.5, 0.6) is 5.75 Å². The average molecular weight is 276 g/mol. The number of amides is 1. The zero-order valence-electron chi connectivity index (χ0n) is 12.6. The number of carbonyl (C=O) groups excluding carboxylic acids is 1. The Morgan fingerprint density at radius 2 is 1.85 bits per heavy atom. The highest BCUT2D eigenvalue weighted by atomic mass is 16.5. The second-order valence-electron chi connectivity index (χ2n) is 5.79. The third-order valence-electron chi connectivity index (χ3n) is 3.61. The van der Waals surface area contributed by atoms with Gasteiger partial charge in [0.25, 0.3) is 0 Å². The highest BCUT2D eigenvalue weighted by Crippen LogP contribution is 2.21. The number of hydrogen-bond acceptors (Lipinski definition) is 3. The molecule has 110 valence electrons. The van der Waals surface area contributed by atoms with E-state index in [1.165, 1.54) is 0 Å². The molecule has 0 saturated carbocycles. The molecule has 0 spiro atoms. The first kappa shape index (κ1) is 14.9. The number of nitrogens with zero attached hydrogens (tertiary/aromatic N) is 1. The standard InChI is InChI=1S/C16H24N2O2/c1-12(2)16(19)17-13-4-6-14(7-5-13)20-15-8-10-18(3)11-9-15/h4-7,12,15H,8-11H2,1-3H3,(H,17,19). The van der Waals surface area contributed by atoms with Gasteiger partial charge in [-0.05, 0) is 44.2 Å². The van der Waals surface area contributed by atoms with Gasteiger partial charge in [0.15, 0.2) is 0 Å². The minimum atomic E-state index is -0.00912. The molecular formula is C16H24N2O2. The van der Waals surface area contributed by atoms with Gasteiger partial charge in [0.1, 0.15) is 11.9 Å². The molecule has 0 unspecified atom stereocenters. The quantitative estimate of drug-likeness (QED) is 0.919. The lowest BCUT2D eigenvalue weighted by atomic mass is 10.1.